The van der Waals surface area contributed by atoms with Crippen LogP contribution >= 0.6 is 11.6 Å². The Hall–Kier alpha value is -3.16. The molecule has 0 atom stereocenters. The van der Waals surface area contributed by atoms with Crippen molar-refractivity contribution in [3.8, 4) is 5.69 Å². The number of rotatable bonds is 6. The summed E-state index contributed by atoms with van der Waals surface area (Å²) in [5.74, 6) is -0.410. The SMILES string of the molecule is CCOC(=O)c1ccc(NC(=O)c2cnn(-c3ccc(Cl)cc3)c2C2CCNCC2)cc1. The number of amides is 1. The fourth-order valence-electron chi connectivity index (χ4n) is 3.91. The van der Waals surface area contributed by atoms with Crippen molar-refractivity contribution in [3.05, 3.63) is 76.6 Å². The topological polar surface area (TPSA) is 85.2 Å². The Bertz CT molecular complexity index is 1090. The third-order valence-electron chi connectivity index (χ3n) is 5.50. The van der Waals surface area contributed by atoms with Gasteiger partial charge in [0.1, 0.15) is 0 Å². The number of hydrogen-bond donors (Lipinski definition) is 2. The molecule has 0 bridgehead atoms. The lowest BCUT2D eigenvalue weighted by atomic mass is 9.91. The summed E-state index contributed by atoms with van der Waals surface area (Å²) in [5.41, 5.74) is 3.34. The van der Waals surface area contributed by atoms with Crippen LogP contribution in [0.4, 0.5) is 5.69 Å². The Balaban J connectivity index is 1.61. The summed E-state index contributed by atoms with van der Waals surface area (Å²) in [5, 5.41) is 11.5. The van der Waals surface area contributed by atoms with Gasteiger partial charge in [-0.15, -0.1) is 0 Å². The number of ether oxygens (including phenoxy) is 1. The molecule has 0 spiro atoms. The van der Waals surface area contributed by atoms with Crippen molar-refractivity contribution in [2.24, 2.45) is 0 Å². The predicted molar refractivity (Wildman–Crippen MR) is 124 cm³/mol. The molecule has 2 heterocycles. The maximum Gasteiger partial charge on any atom is 0.338 e. The van der Waals surface area contributed by atoms with Crippen LogP contribution in [0, 0.1) is 0 Å². The molecule has 4 rings (SSSR count). The number of nitrogens with one attached hydrogen (secondary N) is 2. The van der Waals surface area contributed by atoms with Gasteiger partial charge in [0.15, 0.2) is 0 Å². The first kappa shape index (κ1) is 22.0. The highest BCUT2D eigenvalue weighted by Crippen LogP contribution is 2.31. The number of hydrogen-bond acceptors (Lipinski definition) is 5. The van der Waals surface area contributed by atoms with E-state index in [9.17, 15) is 9.59 Å². The minimum absolute atomic E-state index is 0.210. The van der Waals surface area contributed by atoms with Crippen molar-refractivity contribution in [1.82, 2.24) is 15.1 Å². The molecule has 1 aliphatic rings. The Labute approximate surface area is 191 Å². The van der Waals surface area contributed by atoms with Crippen molar-refractivity contribution in [1.29, 1.82) is 0 Å². The van der Waals surface area contributed by atoms with Crippen LogP contribution < -0.4 is 10.6 Å². The van der Waals surface area contributed by atoms with Gasteiger partial charge >= 0.3 is 5.97 Å². The van der Waals surface area contributed by atoms with E-state index in [0.29, 0.717) is 28.4 Å². The summed E-state index contributed by atoms with van der Waals surface area (Å²) in [6.07, 6.45) is 3.47. The van der Waals surface area contributed by atoms with Gasteiger partial charge in [0.2, 0.25) is 0 Å². The van der Waals surface area contributed by atoms with Crippen LogP contribution in [0.25, 0.3) is 5.69 Å². The molecule has 3 aromatic rings. The lowest BCUT2D eigenvalue weighted by Crippen LogP contribution is -2.29. The molecule has 1 aliphatic heterocycles. The maximum absolute atomic E-state index is 13.2. The molecular weight excluding hydrogens is 428 g/mol. The average Bonchev–Trinajstić information content (AvgIpc) is 3.26. The Morgan fingerprint density at radius 2 is 1.81 bits per heavy atom. The van der Waals surface area contributed by atoms with Crippen LogP contribution in [0.5, 0.6) is 0 Å². The van der Waals surface area contributed by atoms with Gasteiger partial charge in [-0.2, -0.15) is 5.10 Å². The minimum Gasteiger partial charge on any atom is -0.462 e. The molecule has 0 saturated carbocycles. The summed E-state index contributed by atoms with van der Waals surface area (Å²) < 4.78 is 6.84. The fourth-order valence-corrected chi connectivity index (χ4v) is 4.04. The van der Waals surface area contributed by atoms with E-state index in [-0.39, 0.29) is 17.8 Å². The van der Waals surface area contributed by atoms with Gasteiger partial charge in [-0.3, -0.25) is 4.79 Å². The lowest BCUT2D eigenvalue weighted by Gasteiger charge is -2.24. The van der Waals surface area contributed by atoms with E-state index in [1.807, 2.05) is 28.9 Å². The van der Waals surface area contributed by atoms with Crippen molar-refractivity contribution < 1.29 is 14.3 Å². The number of halogens is 1. The zero-order valence-corrected chi connectivity index (χ0v) is 18.6. The molecule has 1 amide bonds. The largest absolute Gasteiger partial charge is 0.462 e. The minimum atomic E-state index is -0.386. The van der Waals surface area contributed by atoms with Gasteiger partial charge < -0.3 is 15.4 Å². The summed E-state index contributed by atoms with van der Waals surface area (Å²) in [4.78, 5) is 25.0. The van der Waals surface area contributed by atoms with Crippen molar-refractivity contribution >= 4 is 29.2 Å². The molecule has 166 valence electrons. The second-order valence-electron chi connectivity index (χ2n) is 7.61. The van der Waals surface area contributed by atoms with Crippen LogP contribution in [-0.2, 0) is 4.74 Å². The Morgan fingerprint density at radius 1 is 1.12 bits per heavy atom. The molecule has 0 unspecified atom stereocenters. The van der Waals surface area contributed by atoms with Crippen LogP contribution in [0.15, 0.2) is 54.7 Å². The van der Waals surface area contributed by atoms with Crippen molar-refractivity contribution in [2.75, 3.05) is 25.0 Å². The van der Waals surface area contributed by atoms with E-state index in [0.717, 1.165) is 37.3 Å². The van der Waals surface area contributed by atoms with Crippen LogP contribution in [0.2, 0.25) is 5.02 Å². The second kappa shape index (κ2) is 9.97. The number of esters is 1. The van der Waals surface area contributed by atoms with Crippen LogP contribution in [0.3, 0.4) is 0 Å². The van der Waals surface area contributed by atoms with E-state index in [1.165, 1.54) is 0 Å². The summed E-state index contributed by atoms with van der Waals surface area (Å²) in [6.45, 7) is 3.87. The van der Waals surface area contributed by atoms with E-state index in [4.69, 9.17) is 16.3 Å². The van der Waals surface area contributed by atoms with Crippen molar-refractivity contribution in [3.63, 3.8) is 0 Å². The van der Waals surface area contributed by atoms with E-state index >= 15 is 0 Å². The normalized spacial score (nSPS) is 14.2. The quantitative estimate of drug-likeness (QED) is 0.541. The fraction of sp³-hybridized carbons (Fsp3) is 0.292. The monoisotopic (exact) mass is 452 g/mol. The molecule has 1 fully saturated rings. The number of anilines is 1. The number of carbonyl (C=O) groups is 2. The molecule has 1 saturated heterocycles. The first-order chi connectivity index (χ1) is 15.6. The first-order valence-corrected chi connectivity index (χ1v) is 11.1. The zero-order valence-electron chi connectivity index (χ0n) is 17.8. The molecule has 0 radical (unpaired) electrons. The van der Waals surface area contributed by atoms with E-state index < -0.39 is 0 Å². The van der Waals surface area contributed by atoms with Crippen molar-refractivity contribution in [2.45, 2.75) is 25.7 Å². The molecular formula is C24H25ClN4O3. The summed E-state index contributed by atoms with van der Waals surface area (Å²) in [6, 6.07) is 14.1. The summed E-state index contributed by atoms with van der Waals surface area (Å²) in [7, 11) is 0. The molecule has 7 nitrogen and oxygen atoms in total. The third kappa shape index (κ3) is 4.84. The van der Waals surface area contributed by atoms with E-state index in [1.54, 1.807) is 37.4 Å². The molecule has 8 heteroatoms. The first-order valence-electron chi connectivity index (χ1n) is 10.7. The van der Waals surface area contributed by atoms with Gasteiger partial charge in [-0.05, 0) is 81.4 Å². The summed E-state index contributed by atoms with van der Waals surface area (Å²) >= 11 is 6.05. The zero-order chi connectivity index (χ0) is 22.5. The molecule has 2 N–H and O–H groups in total. The third-order valence-corrected chi connectivity index (χ3v) is 5.75. The standard InChI is InChI=1S/C24H25ClN4O3/c1-2-32-24(31)17-3-7-19(8-4-17)28-23(30)21-15-27-29(20-9-5-18(25)6-10-20)22(21)16-11-13-26-14-12-16/h3-10,15-16,26H,2,11-14H2,1H3,(H,28,30). The average molecular weight is 453 g/mol. The smallest absolute Gasteiger partial charge is 0.338 e. The van der Waals surface area contributed by atoms with E-state index in [2.05, 4.69) is 15.7 Å². The number of nitrogens with zero attached hydrogens (tertiary/aromatic N) is 2. The molecule has 1 aromatic heterocycles. The predicted octanol–water partition coefficient (Wildman–Crippen LogP) is 4.42. The Kier molecular flexibility index (Phi) is 6.87. The van der Waals surface area contributed by atoms with Gasteiger partial charge in [0.25, 0.3) is 5.91 Å². The number of aromatic nitrogens is 2. The van der Waals surface area contributed by atoms with Gasteiger partial charge in [0, 0.05) is 16.6 Å². The van der Waals surface area contributed by atoms with Gasteiger partial charge in [-0.1, -0.05) is 11.6 Å². The van der Waals surface area contributed by atoms with Gasteiger partial charge in [0.05, 0.1) is 35.3 Å². The lowest BCUT2D eigenvalue weighted by molar-refractivity contribution is 0.0526. The maximum atomic E-state index is 13.2. The molecule has 32 heavy (non-hydrogen) atoms. The Morgan fingerprint density at radius 3 is 2.47 bits per heavy atom. The molecule has 0 aliphatic carbocycles. The highest BCUT2D eigenvalue weighted by molar-refractivity contribution is 6.30. The van der Waals surface area contributed by atoms with Gasteiger partial charge in [-0.25, -0.2) is 9.48 Å². The second-order valence-corrected chi connectivity index (χ2v) is 8.04. The highest BCUT2D eigenvalue weighted by Gasteiger charge is 2.27. The van der Waals surface area contributed by atoms with Crippen LogP contribution in [-0.4, -0.2) is 41.4 Å². The van der Waals surface area contributed by atoms with Crippen LogP contribution in [0.1, 0.15) is 52.1 Å². The highest BCUT2D eigenvalue weighted by atomic mass is 35.5. The number of benzene rings is 2. The molecule has 2 aromatic carbocycles. The number of carbonyl (C=O) groups excluding carboxylic acids is 2. The number of piperidine rings is 1.